The normalized spacial score (nSPS) is 11.4. The molecule has 0 aliphatic carbocycles. The molecular weight excluding hydrogens is 262 g/mol. The van der Waals surface area contributed by atoms with Crippen LogP contribution < -0.4 is 0 Å². The highest BCUT2D eigenvalue weighted by atomic mass is 28.4. The van der Waals surface area contributed by atoms with Gasteiger partial charge in [-0.3, -0.25) is 0 Å². The van der Waals surface area contributed by atoms with Gasteiger partial charge in [0.05, 0.1) is 6.57 Å². The van der Waals surface area contributed by atoms with Gasteiger partial charge in [-0.1, -0.05) is 56.9 Å². The molecule has 1 aromatic rings. The molecule has 0 N–H and O–H groups in total. The molecule has 0 radical (unpaired) electrons. The lowest BCUT2D eigenvalue weighted by molar-refractivity contribution is 0.296. The molecule has 106 valence electrons. The fourth-order valence-electron chi connectivity index (χ4n) is 1.36. The van der Waals surface area contributed by atoms with Gasteiger partial charge in [-0.2, -0.15) is 0 Å². The van der Waals surface area contributed by atoms with E-state index in [2.05, 4.69) is 50.6 Å². The molecule has 0 aliphatic rings. The monoisotopic (exact) mass is 285 g/mol. The predicted molar refractivity (Wildman–Crippen MR) is 87.3 cm³/mol. The first kappa shape index (κ1) is 16.5. The largest absolute Gasteiger partial charge is 0.416 e. The van der Waals surface area contributed by atoms with Gasteiger partial charge in [0.1, 0.15) is 0 Å². The molecule has 0 atom stereocenters. The van der Waals surface area contributed by atoms with Crippen molar-refractivity contribution in [2.75, 3.05) is 6.61 Å². The molecule has 1 rings (SSSR count). The summed E-state index contributed by atoms with van der Waals surface area (Å²) in [6.45, 7) is 18.8. The van der Waals surface area contributed by atoms with Crippen molar-refractivity contribution in [3.8, 4) is 11.8 Å². The van der Waals surface area contributed by atoms with E-state index in [0.29, 0.717) is 12.3 Å². The van der Waals surface area contributed by atoms with Crippen LogP contribution in [-0.2, 0) is 4.43 Å². The zero-order valence-corrected chi connectivity index (χ0v) is 14.1. The van der Waals surface area contributed by atoms with Gasteiger partial charge in [0, 0.05) is 18.6 Å². The summed E-state index contributed by atoms with van der Waals surface area (Å²) in [6, 6.07) is 7.36. The van der Waals surface area contributed by atoms with E-state index in [1.165, 1.54) is 0 Å². The lowest BCUT2D eigenvalue weighted by Gasteiger charge is -2.35. The van der Waals surface area contributed by atoms with E-state index in [0.717, 1.165) is 12.0 Å². The average molecular weight is 285 g/mol. The highest BCUT2D eigenvalue weighted by Gasteiger charge is 2.36. The summed E-state index contributed by atoms with van der Waals surface area (Å²) < 4.78 is 6.06. The molecule has 0 bridgehead atoms. The summed E-state index contributed by atoms with van der Waals surface area (Å²) in [7, 11) is -1.65. The Balaban J connectivity index is 2.46. The fraction of sp³-hybridized carbons (Fsp3) is 0.471. The predicted octanol–water partition coefficient (Wildman–Crippen LogP) is 5.00. The lowest BCUT2D eigenvalue weighted by atomic mass is 10.2. The van der Waals surface area contributed by atoms with Gasteiger partial charge in [0.15, 0.2) is 14.0 Å². The fourth-order valence-corrected chi connectivity index (χ4v) is 2.40. The van der Waals surface area contributed by atoms with E-state index < -0.39 is 8.32 Å². The summed E-state index contributed by atoms with van der Waals surface area (Å²) in [6.07, 6.45) is 0.747. The number of benzene rings is 1. The second-order valence-corrected chi connectivity index (χ2v) is 11.1. The molecule has 0 unspecified atom stereocenters. The van der Waals surface area contributed by atoms with E-state index in [1.807, 2.05) is 12.1 Å². The van der Waals surface area contributed by atoms with E-state index in [4.69, 9.17) is 11.0 Å². The van der Waals surface area contributed by atoms with Crippen molar-refractivity contribution >= 4 is 14.0 Å². The molecule has 0 heterocycles. The molecule has 0 aromatic heterocycles. The molecule has 0 saturated heterocycles. The van der Waals surface area contributed by atoms with Crippen molar-refractivity contribution in [2.45, 2.75) is 45.3 Å². The second kappa shape index (κ2) is 6.75. The Bertz CT molecular complexity index is 536. The van der Waals surface area contributed by atoms with E-state index in [1.54, 1.807) is 12.1 Å². The van der Waals surface area contributed by atoms with Crippen LogP contribution in [0.4, 0.5) is 5.69 Å². The van der Waals surface area contributed by atoms with Crippen LogP contribution in [0.3, 0.4) is 0 Å². The van der Waals surface area contributed by atoms with Crippen LogP contribution in [0.15, 0.2) is 24.3 Å². The quantitative estimate of drug-likeness (QED) is 0.330. The van der Waals surface area contributed by atoms with Gasteiger partial charge in [-0.05, 0) is 18.1 Å². The van der Waals surface area contributed by atoms with Crippen molar-refractivity contribution in [3.63, 3.8) is 0 Å². The van der Waals surface area contributed by atoms with Crippen LogP contribution in [0.1, 0.15) is 32.8 Å². The highest BCUT2D eigenvalue weighted by Crippen LogP contribution is 2.36. The van der Waals surface area contributed by atoms with Crippen molar-refractivity contribution in [3.05, 3.63) is 41.2 Å². The maximum atomic E-state index is 6.89. The molecule has 0 fully saturated rings. The molecule has 0 saturated carbocycles. The minimum atomic E-state index is -1.65. The Morgan fingerprint density at radius 2 is 1.80 bits per heavy atom. The smallest absolute Gasteiger partial charge is 0.192 e. The Labute approximate surface area is 124 Å². The van der Waals surface area contributed by atoms with Crippen molar-refractivity contribution in [1.29, 1.82) is 0 Å². The topological polar surface area (TPSA) is 13.6 Å². The third-order valence-corrected chi connectivity index (χ3v) is 8.26. The molecule has 0 spiro atoms. The second-order valence-electron chi connectivity index (χ2n) is 6.32. The molecule has 3 heteroatoms. The molecule has 2 nitrogen and oxygen atoms in total. The molecule has 0 aliphatic heterocycles. The average Bonchev–Trinajstić information content (AvgIpc) is 2.37. The van der Waals surface area contributed by atoms with Gasteiger partial charge >= 0.3 is 0 Å². The van der Waals surface area contributed by atoms with Gasteiger partial charge in [-0.15, -0.1) is 0 Å². The first-order chi connectivity index (χ1) is 9.26. The van der Waals surface area contributed by atoms with Gasteiger partial charge in [0.2, 0.25) is 0 Å². The Hall–Kier alpha value is -1.55. The summed E-state index contributed by atoms with van der Waals surface area (Å²) in [5.41, 5.74) is 1.60. The van der Waals surface area contributed by atoms with Gasteiger partial charge in [0.25, 0.3) is 0 Å². The molecule has 0 amide bonds. The van der Waals surface area contributed by atoms with E-state index >= 15 is 0 Å². The summed E-state index contributed by atoms with van der Waals surface area (Å²) in [5.74, 6) is 6.24. The van der Waals surface area contributed by atoms with Gasteiger partial charge < -0.3 is 4.43 Å². The number of nitrogens with zero attached hydrogens (tertiary/aromatic N) is 1. The molecule has 20 heavy (non-hydrogen) atoms. The van der Waals surface area contributed by atoms with Crippen LogP contribution >= 0.6 is 0 Å². The minimum Gasteiger partial charge on any atom is -0.416 e. The first-order valence-corrected chi connectivity index (χ1v) is 9.77. The van der Waals surface area contributed by atoms with Crippen molar-refractivity contribution in [2.24, 2.45) is 0 Å². The Morgan fingerprint density at radius 1 is 1.20 bits per heavy atom. The van der Waals surface area contributed by atoms with Crippen LogP contribution in [-0.4, -0.2) is 14.9 Å². The van der Waals surface area contributed by atoms with E-state index in [9.17, 15) is 0 Å². The third-order valence-electron chi connectivity index (χ3n) is 3.73. The lowest BCUT2D eigenvalue weighted by Crippen LogP contribution is -2.40. The van der Waals surface area contributed by atoms with Crippen LogP contribution in [0.25, 0.3) is 4.85 Å². The zero-order valence-electron chi connectivity index (χ0n) is 13.1. The molecular formula is C17H23NOSi. The SMILES string of the molecule is [C-]#[N+]c1ccc(C#CCCO[Si](C)(C)C(C)(C)C)cc1. The van der Waals surface area contributed by atoms with E-state index in [-0.39, 0.29) is 5.04 Å². The van der Waals surface area contributed by atoms with Crippen molar-refractivity contribution < 1.29 is 4.43 Å². The maximum Gasteiger partial charge on any atom is 0.192 e. The zero-order chi connectivity index (χ0) is 15.2. The number of rotatable bonds is 3. The number of hydrogen-bond acceptors (Lipinski definition) is 1. The maximum absolute atomic E-state index is 6.89. The third kappa shape index (κ3) is 4.85. The standard InChI is InChI=1S/C17H23NOSi/c1-17(2,3)20(5,6)19-14-8-7-9-15-10-12-16(18-4)13-11-15/h10-13H,8,14H2,1-3,5-6H3. The van der Waals surface area contributed by atoms with Gasteiger partial charge in [-0.25, -0.2) is 4.85 Å². The minimum absolute atomic E-state index is 0.246. The van der Waals surface area contributed by atoms with Crippen LogP contribution in [0.5, 0.6) is 0 Å². The summed E-state index contributed by atoms with van der Waals surface area (Å²) in [4.78, 5) is 3.36. The molecule has 1 aromatic carbocycles. The van der Waals surface area contributed by atoms with Crippen molar-refractivity contribution in [1.82, 2.24) is 0 Å². The number of hydrogen-bond donors (Lipinski definition) is 0. The Morgan fingerprint density at radius 3 is 2.30 bits per heavy atom. The Kier molecular flexibility index (Phi) is 5.57. The first-order valence-electron chi connectivity index (χ1n) is 6.86. The van der Waals surface area contributed by atoms with Crippen LogP contribution in [0, 0.1) is 18.4 Å². The summed E-state index contributed by atoms with van der Waals surface area (Å²) in [5, 5.41) is 0.246. The summed E-state index contributed by atoms with van der Waals surface area (Å²) >= 11 is 0. The highest BCUT2D eigenvalue weighted by molar-refractivity contribution is 6.74. The van der Waals surface area contributed by atoms with Crippen LogP contribution in [0.2, 0.25) is 18.1 Å².